The average Bonchev–Trinajstić information content (AvgIpc) is 2.57. The molecule has 0 radical (unpaired) electrons. The molecule has 0 spiro atoms. The Morgan fingerprint density at radius 1 is 1.29 bits per heavy atom. The van der Waals surface area contributed by atoms with E-state index in [9.17, 15) is 4.79 Å². The first-order valence-corrected chi connectivity index (χ1v) is 8.62. The molecule has 1 N–H and O–H groups in total. The van der Waals surface area contributed by atoms with Gasteiger partial charge >= 0.3 is 0 Å². The van der Waals surface area contributed by atoms with Gasteiger partial charge in [0.25, 0.3) is 5.91 Å². The monoisotopic (exact) mass is 384 g/mol. The topological polar surface area (TPSA) is 58.1 Å². The largest absolute Gasteiger partial charge is 0.332 e. The molecule has 3 rings (SSSR count). The zero-order valence-electron chi connectivity index (χ0n) is 13.1. The minimum Gasteiger partial charge on any atom is -0.332 e. The van der Waals surface area contributed by atoms with E-state index in [1.807, 2.05) is 36.1 Å². The van der Waals surface area contributed by atoms with Gasteiger partial charge in [-0.15, -0.1) is 22.6 Å². The molecule has 1 amide bonds. The van der Waals surface area contributed by atoms with Crippen LogP contribution in [0, 0.1) is 0 Å². The SMILES string of the molecule is C[C@H]1CNCCN1C(=O)c1ccc(Sc2ccccc2Cl)nn1.Cl. The van der Waals surface area contributed by atoms with Gasteiger partial charge in [0.2, 0.25) is 0 Å². The average molecular weight is 385 g/mol. The fourth-order valence-corrected chi connectivity index (χ4v) is 3.43. The molecule has 128 valence electrons. The molecule has 24 heavy (non-hydrogen) atoms. The van der Waals surface area contributed by atoms with Crippen molar-refractivity contribution in [2.24, 2.45) is 0 Å². The molecule has 2 aromatic rings. The van der Waals surface area contributed by atoms with E-state index in [-0.39, 0.29) is 24.4 Å². The Kier molecular flexibility index (Phi) is 6.86. The van der Waals surface area contributed by atoms with E-state index in [1.165, 1.54) is 11.8 Å². The van der Waals surface area contributed by atoms with Gasteiger partial charge in [0, 0.05) is 30.6 Å². The molecule has 0 aliphatic carbocycles. The van der Waals surface area contributed by atoms with E-state index in [1.54, 1.807) is 12.1 Å². The summed E-state index contributed by atoms with van der Waals surface area (Å²) in [6.07, 6.45) is 0. The number of benzene rings is 1. The molecule has 1 saturated heterocycles. The second-order valence-electron chi connectivity index (χ2n) is 5.34. The predicted octanol–water partition coefficient (Wildman–Crippen LogP) is 3.14. The molecule has 8 heteroatoms. The Morgan fingerprint density at radius 3 is 2.75 bits per heavy atom. The summed E-state index contributed by atoms with van der Waals surface area (Å²) in [5.41, 5.74) is 0.377. The summed E-state index contributed by atoms with van der Waals surface area (Å²) >= 11 is 7.57. The number of carbonyl (C=O) groups is 1. The zero-order valence-corrected chi connectivity index (χ0v) is 15.5. The van der Waals surface area contributed by atoms with Gasteiger partial charge in [-0.2, -0.15) is 0 Å². The highest BCUT2D eigenvalue weighted by molar-refractivity contribution is 7.99. The quantitative estimate of drug-likeness (QED) is 0.880. The van der Waals surface area contributed by atoms with Crippen LogP contribution in [0.3, 0.4) is 0 Å². The number of hydrogen-bond acceptors (Lipinski definition) is 5. The molecule has 5 nitrogen and oxygen atoms in total. The lowest BCUT2D eigenvalue weighted by Gasteiger charge is -2.33. The number of hydrogen-bond donors (Lipinski definition) is 1. The second kappa shape index (κ2) is 8.67. The Morgan fingerprint density at radius 2 is 2.08 bits per heavy atom. The summed E-state index contributed by atoms with van der Waals surface area (Å²) in [6.45, 7) is 4.33. The molecule has 0 bridgehead atoms. The van der Waals surface area contributed by atoms with Crippen LogP contribution in [0.2, 0.25) is 5.02 Å². The van der Waals surface area contributed by atoms with Gasteiger partial charge in [0.05, 0.1) is 5.02 Å². The van der Waals surface area contributed by atoms with E-state index in [4.69, 9.17) is 11.6 Å². The van der Waals surface area contributed by atoms with Crippen LogP contribution >= 0.6 is 35.8 Å². The molecule has 1 aromatic heterocycles. The summed E-state index contributed by atoms with van der Waals surface area (Å²) in [7, 11) is 0. The fraction of sp³-hybridized carbons (Fsp3) is 0.312. The Hall–Kier alpha value is -1.34. The van der Waals surface area contributed by atoms with Crippen molar-refractivity contribution in [3.05, 3.63) is 47.1 Å². The van der Waals surface area contributed by atoms with E-state index < -0.39 is 0 Å². The number of piperazine rings is 1. The maximum atomic E-state index is 12.5. The normalized spacial score (nSPS) is 17.2. The Labute approximate surface area is 156 Å². The van der Waals surface area contributed by atoms with Crippen LogP contribution in [0.25, 0.3) is 0 Å². The zero-order chi connectivity index (χ0) is 16.2. The van der Waals surface area contributed by atoms with Crippen molar-refractivity contribution < 1.29 is 4.79 Å². The van der Waals surface area contributed by atoms with Gasteiger partial charge in [0.1, 0.15) is 5.03 Å². The van der Waals surface area contributed by atoms with Crippen molar-refractivity contribution in [1.29, 1.82) is 0 Å². The number of aromatic nitrogens is 2. The van der Waals surface area contributed by atoms with Crippen LogP contribution < -0.4 is 5.32 Å². The van der Waals surface area contributed by atoms with Crippen LogP contribution in [-0.2, 0) is 0 Å². The second-order valence-corrected chi connectivity index (χ2v) is 6.81. The number of carbonyl (C=O) groups excluding carboxylic acids is 1. The Balaban J connectivity index is 0.00000208. The lowest BCUT2D eigenvalue weighted by molar-refractivity contribution is 0.0648. The number of nitrogens with one attached hydrogen (secondary N) is 1. The lowest BCUT2D eigenvalue weighted by atomic mass is 10.2. The van der Waals surface area contributed by atoms with Crippen LogP contribution in [0.4, 0.5) is 0 Å². The molecule has 1 fully saturated rings. The molecule has 1 aromatic carbocycles. The highest BCUT2D eigenvalue weighted by Crippen LogP contribution is 2.31. The number of nitrogens with zero attached hydrogens (tertiary/aromatic N) is 3. The van der Waals surface area contributed by atoms with E-state index in [0.717, 1.165) is 18.0 Å². The third-order valence-corrected chi connectivity index (χ3v) is 5.12. The van der Waals surface area contributed by atoms with Gasteiger partial charge < -0.3 is 10.2 Å². The van der Waals surface area contributed by atoms with Crippen molar-refractivity contribution in [1.82, 2.24) is 20.4 Å². The molecule has 1 aliphatic rings. The number of halogens is 2. The fourth-order valence-electron chi connectivity index (χ4n) is 2.42. The minimum absolute atomic E-state index is 0. The molecule has 1 atom stereocenters. The van der Waals surface area contributed by atoms with E-state index in [0.29, 0.717) is 22.3 Å². The minimum atomic E-state index is -0.0687. The maximum Gasteiger partial charge on any atom is 0.274 e. The van der Waals surface area contributed by atoms with E-state index in [2.05, 4.69) is 15.5 Å². The van der Waals surface area contributed by atoms with Crippen molar-refractivity contribution in [2.45, 2.75) is 22.9 Å². The molecule has 2 heterocycles. The molecule has 1 aliphatic heterocycles. The highest BCUT2D eigenvalue weighted by Gasteiger charge is 2.25. The van der Waals surface area contributed by atoms with Gasteiger partial charge in [0.15, 0.2) is 5.69 Å². The van der Waals surface area contributed by atoms with Crippen LogP contribution in [0.5, 0.6) is 0 Å². The third kappa shape index (κ3) is 4.39. The first-order chi connectivity index (χ1) is 11.1. The summed E-state index contributed by atoms with van der Waals surface area (Å²) < 4.78 is 0. The van der Waals surface area contributed by atoms with Crippen molar-refractivity contribution in [3.63, 3.8) is 0 Å². The Bertz CT molecular complexity index is 699. The van der Waals surface area contributed by atoms with Crippen molar-refractivity contribution in [3.8, 4) is 0 Å². The van der Waals surface area contributed by atoms with Crippen LogP contribution in [0.1, 0.15) is 17.4 Å². The molecule has 0 saturated carbocycles. The van der Waals surface area contributed by atoms with Crippen LogP contribution in [-0.4, -0.2) is 46.7 Å². The smallest absolute Gasteiger partial charge is 0.274 e. The molecular weight excluding hydrogens is 367 g/mol. The first kappa shape index (κ1) is 19.0. The molecule has 0 unspecified atom stereocenters. The number of rotatable bonds is 3. The highest BCUT2D eigenvalue weighted by atomic mass is 35.5. The van der Waals surface area contributed by atoms with Gasteiger partial charge in [-0.3, -0.25) is 4.79 Å². The van der Waals surface area contributed by atoms with E-state index >= 15 is 0 Å². The predicted molar refractivity (Wildman–Crippen MR) is 98.2 cm³/mol. The van der Waals surface area contributed by atoms with Gasteiger partial charge in [-0.1, -0.05) is 35.5 Å². The van der Waals surface area contributed by atoms with Gasteiger partial charge in [-0.05, 0) is 31.2 Å². The first-order valence-electron chi connectivity index (χ1n) is 7.43. The van der Waals surface area contributed by atoms with Crippen molar-refractivity contribution >= 4 is 41.7 Å². The summed E-state index contributed by atoms with van der Waals surface area (Å²) in [5, 5.41) is 12.9. The van der Waals surface area contributed by atoms with Crippen molar-refractivity contribution in [2.75, 3.05) is 19.6 Å². The number of amides is 1. The lowest BCUT2D eigenvalue weighted by Crippen LogP contribution is -2.52. The third-order valence-electron chi connectivity index (χ3n) is 3.67. The summed E-state index contributed by atoms with van der Waals surface area (Å²) in [4.78, 5) is 15.3. The van der Waals surface area contributed by atoms with Crippen LogP contribution in [0.15, 0.2) is 46.3 Å². The summed E-state index contributed by atoms with van der Waals surface area (Å²) in [6, 6.07) is 11.3. The molecular formula is C16H18Cl2N4OS. The standard InChI is InChI=1S/C16H17ClN4OS.ClH/c1-11-10-18-8-9-21(11)16(22)13-6-7-15(20-19-13)23-14-5-3-2-4-12(14)17;/h2-7,11,18H,8-10H2,1H3;1H/t11-;/m0./s1. The maximum absolute atomic E-state index is 12.5. The van der Waals surface area contributed by atoms with Gasteiger partial charge in [-0.25, -0.2) is 0 Å². The summed E-state index contributed by atoms with van der Waals surface area (Å²) in [5.74, 6) is -0.0687.